The number of aromatic nitrogens is 2. The first-order valence-corrected chi connectivity index (χ1v) is 7.85. The molecule has 3 rings (SSSR count). The molecule has 6 nitrogen and oxygen atoms in total. The highest BCUT2D eigenvalue weighted by atomic mass is 16.5. The molecule has 1 heterocycles. The van der Waals surface area contributed by atoms with Crippen LogP contribution in [0.3, 0.4) is 0 Å². The number of carboxylic acid groups (broad SMARTS) is 1. The second-order valence-corrected chi connectivity index (χ2v) is 5.67. The van der Waals surface area contributed by atoms with Crippen molar-refractivity contribution in [2.45, 2.75) is 13.5 Å². The van der Waals surface area contributed by atoms with Crippen molar-refractivity contribution in [3.63, 3.8) is 0 Å². The van der Waals surface area contributed by atoms with Gasteiger partial charge in [0, 0.05) is 18.0 Å². The molecule has 0 aliphatic carbocycles. The Bertz CT molecular complexity index is 975. The van der Waals surface area contributed by atoms with Gasteiger partial charge in [0.05, 0.1) is 17.2 Å². The van der Waals surface area contributed by atoms with Gasteiger partial charge in [0.2, 0.25) is 0 Å². The van der Waals surface area contributed by atoms with Gasteiger partial charge >= 0.3 is 5.97 Å². The third kappa shape index (κ3) is 3.84. The number of aromatic carboxylic acids is 1. The minimum absolute atomic E-state index is 0.0449. The zero-order valence-corrected chi connectivity index (χ0v) is 14.0. The van der Waals surface area contributed by atoms with Gasteiger partial charge in [-0.15, -0.1) is 0 Å². The average molecular weight is 345 g/mol. The SMILES string of the molecule is Cc1ccc(COc2ccc(-c3ncc(C(=O)O)cn3)cc2)cc1C#N. The molecule has 0 unspecified atom stereocenters. The van der Waals surface area contributed by atoms with Gasteiger partial charge in [-0.1, -0.05) is 12.1 Å². The maximum Gasteiger partial charge on any atom is 0.338 e. The standard InChI is InChI=1S/C20H15N3O3/c1-13-2-3-14(8-16(13)9-21)12-26-18-6-4-15(5-7-18)19-22-10-17(11-23-19)20(24)25/h2-8,10-11H,12H2,1H3,(H,24,25). The maximum absolute atomic E-state index is 10.8. The van der Waals surface area contributed by atoms with Crippen LogP contribution in [0.15, 0.2) is 54.9 Å². The summed E-state index contributed by atoms with van der Waals surface area (Å²) in [4.78, 5) is 18.9. The molecule has 3 aromatic rings. The molecule has 0 saturated carbocycles. The molecular formula is C20H15N3O3. The number of nitrogens with zero attached hydrogens (tertiary/aromatic N) is 3. The van der Waals surface area contributed by atoms with Crippen molar-refractivity contribution >= 4 is 5.97 Å². The van der Waals surface area contributed by atoms with Gasteiger partial charge in [-0.25, -0.2) is 14.8 Å². The molecule has 26 heavy (non-hydrogen) atoms. The van der Waals surface area contributed by atoms with E-state index in [0.717, 1.165) is 16.7 Å². The molecule has 6 heteroatoms. The minimum Gasteiger partial charge on any atom is -0.489 e. The Kier molecular flexibility index (Phi) is 4.90. The second kappa shape index (κ2) is 7.45. The average Bonchev–Trinajstić information content (AvgIpc) is 2.68. The van der Waals surface area contributed by atoms with Gasteiger partial charge in [-0.05, 0) is 48.4 Å². The number of aryl methyl sites for hydroxylation is 1. The Morgan fingerprint density at radius 3 is 2.46 bits per heavy atom. The third-order valence-corrected chi connectivity index (χ3v) is 3.84. The zero-order valence-electron chi connectivity index (χ0n) is 14.0. The van der Waals surface area contributed by atoms with E-state index in [4.69, 9.17) is 15.1 Å². The molecule has 2 aromatic carbocycles. The minimum atomic E-state index is -1.06. The van der Waals surface area contributed by atoms with Crippen LogP contribution in [0.5, 0.6) is 5.75 Å². The molecule has 1 N–H and O–H groups in total. The van der Waals surface area contributed by atoms with E-state index in [2.05, 4.69) is 16.0 Å². The van der Waals surface area contributed by atoms with Crippen LogP contribution in [0.25, 0.3) is 11.4 Å². The van der Waals surface area contributed by atoms with Crippen molar-refractivity contribution in [1.29, 1.82) is 5.26 Å². The number of ether oxygens (including phenoxy) is 1. The fraction of sp³-hybridized carbons (Fsp3) is 0.100. The number of carbonyl (C=O) groups is 1. The topological polar surface area (TPSA) is 96.1 Å². The van der Waals surface area contributed by atoms with Gasteiger partial charge in [0.25, 0.3) is 0 Å². The molecule has 0 saturated heterocycles. The highest BCUT2D eigenvalue weighted by molar-refractivity contribution is 5.86. The number of nitriles is 1. The molecule has 0 radical (unpaired) electrons. The summed E-state index contributed by atoms with van der Waals surface area (Å²) in [5, 5.41) is 17.9. The van der Waals surface area contributed by atoms with Crippen molar-refractivity contribution in [3.8, 4) is 23.2 Å². The van der Waals surface area contributed by atoms with Gasteiger partial charge in [0.1, 0.15) is 12.4 Å². The van der Waals surface area contributed by atoms with Crippen molar-refractivity contribution in [2.24, 2.45) is 0 Å². The first-order valence-electron chi connectivity index (χ1n) is 7.85. The van der Waals surface area contributed by atoms with E-state index in [1.807, 2.05) is 25.1 Å². The molecule has 0 spiro atoms. The fourth-order valence-corrected chi connectivity index (χ4v) is 2.33. The molecule has 128 valence electrons. The number of rotatable bonds is 5. The van der Waals surface area contributed by atoms with Gasteiger partial charge in [-0.3, -0.25) is 0 Å². The molecule has 0 aliphatic heterocycles. The van der Waals surface area contributed by atoms with Crippen LogP contribution >= 0.6 is 0 Å². The molecule has 0 aliphatic rings. The summed E-state index contributed by atoms with van der Waals surface area (Å²) < 4.78 is 5.74. The Labute approximate surface area is 150 Å². The third-order valence-electron chi connectivity index (χ3n) is 3.84. The van der Waals surface area contributed by atoms with Crippen molar-refractivity contribution in [2.75, 3.05) is 0 Å². The monoisotopic (exact) mass is 345 g/mol. The van der Waals surface area contributed by atoms with Crippen LogP contribution in [0.4, 0.5) is 0 Å². The first-order chi connectivity index (χ1) is 12.6. The van der Waals surface area contributed by atoms with Crippen LogP contribution in [-0.2, 0) is 6.61 Å². The lowest BCUT2D eigenvalue weighted by Crippen LogP contribution is -1.99. The number of hydrogen-bond donors (Lipinski definition) is 1. The highest BCUT2D eigenvalue weighted by Crippen LogP contribution is 2.20. The predicted molar refractivity (Wildman–Crippen MR) is 94.7 cm³/mol. The summed E-state index contributed by atoms with van der Waals surface area (Å²) >= 11 is 0. The quantitative estimate of drug-likeness (QED) is 0.759. The Morgan fingerprint density at radius 1 is 1.15 bits per heavy atom. The number of hydrogen-bond acceptors (Lipinski definition) is 5. The maximum atomic E-state index is 10.8. The molecule has 0 bridgehead atoms. The molecular weight excluding hydrogens is 330 g/mol. The molecule has 0 amide bonds. The molecule has 0 fully saturated rings. The lowest BCUT2D eigenvalue weighted by atomic mass is 10.1. The zero-order chi connectivity index (χ0) is 18.5. The van der Waals surface area contributed by atoms with Crippen LogP contribution in [-0.4, -0.2) is 21.0 Å². The van der Waals surface area contributed by atoms with Crippen LogP contribution in [0, 0.1) is 18.3 Å². The van der Waals surface area contributed by atoms with Crippen molar-refractivity contribution in [1.82, 2.24) is 9.97 Å². The Hall–Kier alpha value is -3.72. The van der Waals surface area contributed by atoms with Crippen molar-refractivity contribution < 1.29 is 14.6 Å². The summed E-state index contributed by atoms with van der Waals surface area (Å²) in [6.45, 7) is 2.26. The van der Waals surface area contributed by atoms with E-state index in [0.29, 0.717) is 23.7 Å². The normalized spacial score (nSPS) is 10.2. The van der Waals surface area contributed by atoms with E-state index < -0.39 is 5.97 Å². The highest BCUT2D eigenvalue weighted by Gasteiger charge is 2.06. The smallest absolute Gasteiger partial charge is 0.338 e. The van der Waals surface area contributed by atoms with E-state index in [1.54, 1.807) is 24.3 Å². The van der Waals surface area contributed by atoms with Crippen LogP contribution in [0.2, 0.25) is 0 Å². The Balaban J connectivity index is 1.68. The van der Waals surface area contributed by atoms with Gasteiger partial charge < -0.3 is 9.84 Å². The molecule has 1 aromatic heterocycles. The summed E-state index contributed by atoms with van der Waals surface area (Å²) in [5.41, 5.74) is 3.31. The van der Waals surface area contributed by atoms with E-state index in [9.17, 15) is 4.79 Å². The summed E-state index contributed by atoms with van der Waals surface area (Å²) in [7, 11) is 0. The van der Waals surface area contributed by atoms with E-state index in [-0.39, 0.29) is 5.56 Å². The van der Waals surface area contributed by atoms with Crippen molar-refractivity contribution in [3.05, 3.63) is 77.1 Å². The fourth-order valence-electron chi connectivity index (χ4n) is 2.33. The Morgan fingerprint density at radius 2 is 1.85 bits per heavy atom. The lowest BCUT2D eigenvalue weighted by Gasteiger charge is -2.08. The van der Waals surface area contributed by atoms with Crippen LogP contribution in [0.1, 0.15) is 27.0 Å². The van der Waals surface area contributed by atoms with E-state index >= 15 is 0 Å². The lowest BCUT2D eigenvalue weighted by molar-refractivity contribution is 0.0696. The first kappa shape index (κ1) is 17.1. The van der Waals surface area contributed by atoms with Gasteiger partial charge in [0.15, 0.2) is 5.82 Å². The summed E-state index contributed by atoms with van der Waals surface area (Å²) in [6, 6.07) is 15.0. The number of benzene rings is 2. The largest absolute Gasteiger partial charge is 0.489 e. The van der Waals surface area contributed by atoms with Crippen LogP contribution < -0.4 is 4.74 Å². The molecule has 0 atom stereocenters. The predicted octanol–water partition coefficient (Wildman–Crippen LogP) is 3.60. The summed E-state index contributed by atoms with van der Waals surface area (Å²) in [5.74, 6) is 0.0599. The number of carboxylic acids is 1. The van der Waals surface area contributed by atoms with Gasteiger partial charge in [-0.2, -0.15) is 5.26 Å². The summed E-state index contributed by atoms with van der Waals surface area (Å²) in [6.07, 6.45) is 2.55. The van der Waals surface area contributed by atoms with E-state index in [1.165, 1.54) is 12.4 Å². The second-order valence-electron chi connectivity index (χ2n) is 5.67.